The minimum absolute atomic E-state index is 0.211. The van der Waals surface area contributed by atoms with Gasteiger partial charge in [0.25, 0.3) is 10.0 Å². The Morgan fingerprint density at radius 1 is 1.18 bits per heavy atom. The van der Waals surface area contributed by atoms with Gasteiger partial charge < -0.3 is 10.7 Å². The first-order valence-corrected chi connectivity index (χ1v) is 12.4. The molecular weight excluding hydrogens is 438 g/mol. The third-order valence-electron chi connectivity index (χ3n) is 6.35. The van der Waals surface area contributed by atoms with Crippen molar-refractivity contribution in [3.63, 3.8) is 0 Å². The fourth-order valence-corrected chi connectivity index (χ4v) is 5.87. The van der Waals surface area contributed by atoms with Gasteiger partial charge in [-0.2, -0.15) is 5.26 Å². The minimum atomic E-state index is -3.80. The number of hydrogen-bond donors (Lipinski definition) is 1. The van der Waals surface area contributed by atoms with E-state index in [1.54, 1.807) is 42.7 Å². The smallest absolute Gasteiger partial charge is 0.269 e. The van der Waals surface area contributed by atoms with Crippen LogP contribution in [-0.4, -0.2) is 40.1 Å². The molecule has 1 aliphatic heterocycles. The molecule has 4 aromatic rings. The van der Waals surface area contributed by atoms with E-state index >= 15 is 0 Å². The van der Waals surface area contributed by atoms with Crippen LogP contribution >= 0.6 is 0 Å². The summed E-state index contributed by atoms with van der Waals surface area (Å²) in [6, 6.07) is 10.8. The van der Waals surface area contributed by atoms with Crippen LogP contribution in [0.3, 0.4) is 0 Å². The molecule has 0 atom stereocenters. The standard InChI is InChI=1S/C23H25N7O2S/c1-16-2-4-18(5-3-16)33(31,32)29-13-9-19-22-20(15-26-23(19)29)27-21(14-25)30(22)28-11-7-17(6-10-24)8-12-28/h2-5,9,13,15,17H,6-8,11-12,14,25H2,1H3. The summed E-state index contributed by atoms with van der Waals surface area (Å²) in [5.74, 6) is 1.09. The Balaban J connectivity index is 1.64. The summed E-state index contributed by atoms with van der Waals surface area (Å²) >= 11 is 0. The molecule has 33 heavy (non-hydrogen) atoms. The molecule has 1 fully saturated rings. The Morgan fingerprint density at radius 2 is 1.91 bits per heavy atom. The zero-order chi connectivity index (χ0) is 23.2. The summed E-state index contributed by atoms with van der Waals surface area (Å²) in [6.45, 7) is 3.71. The SMILES string of the molecule is Cc1ccc(S(=O)(=O)n2ccc3c2ncc2nc(CN)n(N4CCC(CC#N)CC4)c23)cc1. The average Bonchev–Trinajstić information content (AvgIpc) is 3.41. The molecule has 2 N–H and O–H groups in total. The van der Waals surface area contributed by atoms with Gasteiger partial charge in [-0.3, -0.25) is 0 Å². The Morgan fingerprint density at radius 3 is 2.58 bits per heavy atom. The van der Waals surface area contributed by atoms with Gasteiger partial charge in [-0.25, -0.2) is 27.0 Å². The molecule has 5 rings (SSSR count). The first kappa shape index (κ1) is 21.4. The van der Waals surface area contributed by atoms with Gasteiger partial charge in [0, 0.05) is 31.1 Å². The fraction of sp³-hybridized carbons (Fsp3) is 0.348. The number of hydrogen-bond acceptors (Lipinski definition) is 7. The lowest BCUT2D eigenvalue weighted by Gasteiger charge is -2.34. The summed E-state index contributed by atoms with van der Waals surface area (Å²) in [6.07, 6.45) is 5.54. The third kappa shape index (κ3) is 3.53. The first-order chi connectivity index (χ1) is 15.9. The molecule has 0 bridgehead atoms. The van der Waals surface area contributed by atoms with E-state index in [4.69, 9.17) is 11.0 Å². The number of piperidine rings is 1. The van der Waals surface area contributed by atoms with Gasteiger partial charge in [0.2, 0.25) is 0 Å². The van der Waals surface area contributed by atoms with Crippen molar-refractivity contribution in [1.29, 1.82) is 5.26 Å². The molecule has 0 amide bonds. The first-order valence-electron chi connectivity index (χ1n) is 11.0. The van der Waals surface area contributed by atoms with Crippen molar-refractivity contribution in [2.45, 2.75) is 37.6 Å². The molecule has 4 heterocycles. The molecule has 9 nitrogen and oxygen atoms in total. The van der Waals surface area contributed by atoms with E-state index in [1.165, 1.54) is 3.97 Å². The molecule has 0 aliphatic carbocycles. The molecule has 0 unspecified atom stereocenters. The van der Waals surface area contributed by atoms with E-state index in [2.05, 4.69) is 21.0 Å². The number of nitrogens with zero attached hydrogens (tertiary/aromatic N) is 6. The molecule has 1 aromatic carbocycles. The number of aryl methyl sites for hydroxylation is 1. The van der Waals surface area contributed by atoms with Crippen molar-refractivity contribution in [2.75, 3.05) is 18.1 Å². The van der Waals surface area contributed by atoms with Crippen LogP contribution in [0.15, 0.2) is 47.6 Å². The summed E-state index contributed by atoms with van der Waals surface area (Å²) < 4.78 is 29.9. The zero-order valence-corrected chi connectivity index (χ0v) is 19.2. The second-order valence-electron chi connectivity index (χ2n) is 8.46. The summed E-state index contributed by atoms with van der Waals surface area (Å²) in [7, 11) is -3.80. The lowest BCUT2D eigenvalue weighted by atomic mass is 9.95. The number of pyridine rings is 1. The van der Waals surface area contributed by atoms with E-state index in [0.29, 0.717) is 34.7 Å². The largest absolute Gasteiger partial charge is 0.324 e. The molecule has 1 aliphatic rings. The number of nitrogens with two attached hydrogens (primary N) is 1. The predicted molar refractivity (Wildman–Crippen MR) is 126 cm³/mol. The maximum absolute atomic E-state index is 13.3. The van der Waals surface area contributed by atoms with E-state index in [1.807, 2.05) is 11.6 Å². The number of imidazole rings is 1. The summed E-state index contributed by atoms with van der Waals surface area (Å²) in [5, 5.41) is 11.9. The van der Waals surface area contributed by atoms with Gasteiger partial charge >= 0.3 is 0 Å². The molecular formula is C23H25N7O2S. The van der Waals surface area contributed by atoms with Gasteiger partial charge in [-0.1, -0.05) is 17.7 Å². The van der Waals surface area contributed by atoms with Crippen LogP contribution < -0.4 is 10.7 Å². The lowest BCUT2D eigenvalue weighted by Crippen LogP contribution is -2.42. The van der Waals surface area contributed by atoms with Gasteiger partial charge in [0.05, 0.1) is 23.7 Å². The quantitative estimate of drug-likeness (QED) is 0.483. The topological polar surface area (TPSA) is 123 Å². The third-order valence-corrected chi connectivity index (χ3v) is 8.03. The van der Waals surface area contributed by atoms with E-state index in [0.717, 1.165) is 37.0 Å². The predicted octanol–water partition coefficient (Wildman–Crippen LogP) is 2.65. The Labute approximate surface area is 192 Å². The van der Waals surface area contributed by atoms with Crippen molar-refractivity contribution in [2.24, 2.45) is 11.7 Å². The zero-order valence-electron chi connectivity index (χ0n) is 18.3. The maximum atomic E-state index is 13.3. The number of benzene rings is 1. The second kappa shape index (κ2) is 8.17. The average molecular weight is 464 g/mol. The van der Waals surface area contributed by atoms with E-state index < -0.39 is 10.0 Å². The van der Waals surface area contributed by atoms with Crippen LogP contribution in [0.4, 0.5) is 0 Å². The van der Waals surface area contributed by atoms with Crippen molar-refractivity contribution < 1.29 is 8.42 Å². The highest BCUT2D eigenvalue weighted by atomic mass is 32.2. The highest BCUT2D eigenvalue weighted by Gasteiger charge is 2.26. The fourth-order valence-electron chi connectivity index (χ4n) is 4.57. The lowest BCUT2D eigenvalue weighted by molar-refractivity contribution is 0.368. The molecule has 3 aromatic heterocycles. The van der Waals surface area contributed by atoms with Crippen LogP contribution in [0.5, 0.6) is 0 Å². The van der Waals surface area contributed by atoms with Crippen LogP contribution in [0.25, 0.3) is 22.1 Å². The van der Waals surface area contributed by atoms with Gasteiger partial charge in [-0.05, 0) is 43.9 Å². The molecule has 0 spiro atoms. The van der Waals surface area contributed by atoms with Crippen molar-refractivity contribution in [3.05, 3.63) is 54.1 Å². The highest BCUT2D eigenvalue weighted by Crippen LogP contribution is 2.30. The van der Waals surface area contributed by atoms with Crippen LogP contribution in [0, 0.1) is 24.2 Å². The van der Waals surface area contributed by atoms with Crippen molar-refractivity contribution >= 4 is 32.1 Å². The van der Waals surface area contributed by atoms with E-state index in [-0.39, 0.29) is 11.4 Å². The highest BCUT2D eigenvalue weighted by molar-refractivity contribution is 7.90. The van der Waals surface area contributed by atoms with Gasteiger partial charge in [-0.15, -0.1) is 0 Å². The Hall–Kier alpha value is -3.42. The van der Waals surface area contributed by atoms with Crippen molar-refractivity contribution in [1.82, 2.24) is 18.6 Å². The van der Waals surface area contributed by atoms with Crippen LogP contribution in [0.1, 0.15) is 30.7 Å². The summed E-state index contributed by atoms with van der Waals surface area (Å²) in [5.41, 5.74) is 8.85. The van der Waals surface area contributed by atoms with Gasteiger partial charge in [0.15, 0.2) is 5.65 Å². The molecule has 0 radical (unpaired) electrons. The van der Waals surface area contributed by atoms with E-state index in [9.17, 15) is 8.42 Å². The Bertz CT molecular complexity index is 1470. The second-order valence-corrected chi connectivity index (χ2v) is 10.3. The normalized spacial score (nSPS) is 15.4. The monoisotopic (exact) mass is 463 g/mol. The molecule has 170 valence electrons. The molecule has 10 heteroatoms. The number of aromatic nitrogens is 4. The molecule has 1 saturated heterocycles. The number of nitriles is 1. The molecule has 0 saturated carbocycles. The minimum Gasteiger partial charge on any atom is -0.324 e. The van der Waals surface area contributed by atoms with Gasteiger partial charge in [0.1, 0.15) is 16.9 Å². The van der Waals surface area contributed by atoms with Crippen LogP contribution in [0.2, 0.25) is 0 Å². The number of rotatable bonds is 5. The number of fused-ring (bicyclic) bond motifs is 3. The Kier molecular flexibility index (Phi) is 5.31. The maximum Gasteiger partial charge on any atom is 0.269 e. The summed E-state index contributed by atoms with van der Waals surface area (Å²) in [4.78, 5) is 9.35. The van der Waals surface area contributed by atoms with Crippen LogP contribution in [-0.2, 0) is 16.6 Å². The van der Waals surface area contributed by atoms with Crippen molar-refractivity contribution in [3.8, 4) is 6.07 Å².